The number of benzene rings is 2. The van der Waals surface area contributed by atoms with Gasteiger partial charge in [0, 0.05) is 39.1 Å². The molecule has 3 rings (SSSR count). The Morgan fingerprint density at radius 3 is 2.30 bits per heavy atom. The molecular formula is C20H25N2O. The zero-order chi connectivity index (χ0) is 15.9. The van der Waals surface area contributed by atoms with Gasteiger partial charge in [0.15, 0.2) is 0 Å². The molecule has 2 aromatic carbocycles. The summed E-state index contributed by atoms with van der Waals surface area (Å²) in [6.07, 6.45) is 2.30. The maximum Gasteiger partial charge on any atom is 0.119 e. The molecule has 0 aliphatic carbocycles. The van der Waals surface area contributed by atoms with E-state index in [0.717, 1.165) is 25.4 Å². The maximum absolute atomic E-state index is 5.82. The van der Waals surface area contributed by atoms with Gasteiger partial charge < -0.3 is 14.5 Å². The van der Waals surface area contributed by atoms with Crippen molar-refractivity contribution >= 4 is 0 Å². The summed E-state index contributed by atoms with van der Waals surface area (Å²) in [5.41, 5.74) is 2.45. The topological polar surface area (TPSA) is 15.7 Å². The Morgan fingerprint density at radius 1 is 0.913 bits per heavy atom. The predicted molar refractivity (Wildman–Crippen MR) is 94.6 cm³/mol. The SMILES string of the molecule is CN1CCN(C[CH]c2ccc(OCc3ccccc3)cc2)CC1. The lowest BCUT2D eigenvalue weighted by atomic mass is 10.1. The fourth-order valence-corrected chi connectivity index (χ4v) is 2.71. The van der Waals surface area contributed by atoms with E-state index >= 15 is 0 Å². The first-order valence-corrected chi connectivity index (χ1v) is 8.30. The third-order valence-electron chi connectivity index (χ3n) is 4.31. The molecule has 0 atom stereocenters. The first kappa shape index (κ1) is 16.0. The van der Waals surface area contributed by atoms with Crippen LogP contribution in [0, 0.1) is 6.42 Å². The summed E-state index contributed by atoms with van der Waals surface area (Å²) in [5, 5.41) is 0. The molecule has 0 aromatic heterocycles. The zero-order valence-electron chi connectivity index (χ0n) is 13.8. The van der Waals surface area contributed by atoms with Gasteiger partial charge in [-0.1, -0.05) is 42.5 Å². The highest BCUT2D eigenvalue weighted by Gasteiger charge is 2.13. The minimum Gasteiger partial charge on any atom is -0.489 e. The number of rotatable bonds is 6. The fourth-order valence-electron chi connectivity index (χ4n) is 2.71. The van der Waals surface area contributed by atoms with Crippen molar-refractivity contribution in [1.82, 2.24) is 9.80 Å². The van der Waals surface area contributed by atoms with Gasteiger partial charge in [-0.15, -0.1) is 0 Å². The minimum atomic E-state index is 0.616. The molecule has 1 radical (unpaired) electrons. The molecule has 1 aliphatic heterocycles. The van der Waals surface area contributed by atoms with Gasteiger partial charge in [0.05, 0.1) is 0 Å². The van der Waals surface area contributed by atoms with Gasteiger partial charge >= 0.3 is 0 Å². The minimum absolute atomic E-state index is 0.616. The van der Waals surface area contributed by atoms with Crippen molar-refractivity contribution in [3.63, 3.8) is 0 Å². The molecule has 0 unspecified atom stereocenters. The average Bonchev–Trinajstić information content (AvgIpc) is 2.61. The molecule has 3 nitrogen and oxygen atoms in total. The van der Waals surface area contributed by atoms with Crippen molar-refractivity contribution in [3.8, 4) is 5.75 Å². The molecule has 2 aromatic rings. The molecule has 1 heterocycles. The molecule has 121 valence electrons. The van der Waals surface area contributed by atoms with E-state index in [4.69, 9.17) is 4.74 Å². The third kappa shape index (κ3) is 5.08. The summed E-state index contributed by atoms with van der Waals surface area (Å²) in [5.74, 6) is 0.922. The maximum atomic E-state index is 5.82. The van der Waals surface area contributed by atoms with Gasteiger partial charge in [-0.05, 0) is 30.3 Å². The Balaban J connectivity index is 1.43. The Bertz CT molecular complexity index is 574. The van der Waals surface area contributed by atoms with Crippen LogP contribution in [0.25, 0.3) is 0 Å². The first-order chi connectivity index (χ1) is 11.3. The quantitative estimate of drug-likeness (QED) is 0.815. The van der Waals surface area contributed by atoms with Crippen molar-refractivity contribution in [2.75, 3.05) is 39.8 Å². The molecule has 0 N–H and O–H groups in total. The summed E-state index contributed by atoms with van der Waals surface area (Å²) in [6.45, 7) is 6.29. The van der Waals surface area contributed by atoms with Crippen LogP contribution in [-0.4, -0.2) is 49.6 Å². The number of nitrogens with zero attached hydrogens (tertiary/aromatic N) is 2. The van der Waals surface area contributed by atoms with Crippen LogP contribution < -0.4 is 4.74 Å². The van der Waals surface area contributed by atoms with Crippen LogP contribution in [0.3, 0.4) is 0 Å². The van der Waals surface area contributed by atoms with E-state index in [1.165, 1.54) is 24.2 Å². The molecule has 0 spiro atoms. The molecule has 23 heavy (non-hydrogen) atoms. The van der Waals surface area contributed by atoms with Gasteiger partial charge in [-0.25, -0.2) is 0 Å². The van der Waals surface area contributed by atoms with Crippen LogP contribution in [0.4, 0.5) is 0 Å². The molecule has 1 aliphatic rings. The number of piperazine rings is 1. The second kappa shape index (κ2) is 8.14. The van der Waals surface area contributed by atoms with Gasteiger partial charge in [-0.2, -0.15) is 0 Å². The van der Waals surface area contributed by atoms with Crippen LogP contribution in [0.1, 0.15) is 11.1 Å². The van der Waals surface area contributed by atoms with Crippen LogP contribution in [0.2, 0.25) is 0 Å². The Kier molecular flexibility index (Phi) is 5.67. The lowest BCUT2D eigenvalue weighted by Gasteiger charge is -2.32. The molecule has 0 amide bonds. The standard InChI is InChI=1S/C20H25N2O/c1-21-13-15-22(16-14-21)12-11-18-7-9-20(10-8-18)23-17-19-5-3-2-4-6-19/h2-11H,12-17H2,1H3. The highest BCUT2D eigenvalue weighted by Crippen LogP contribution is 2.15. The van der Waals surface area contributed by atoms with Crippen molar-refractivity contribution in [1.29, 1.82) is 0 Å². The van der Waals surface area contributed by atoms with E-state index in [-0.39, 0.29) is 0 Å². The van der Waals surface area contributed by atoms with Crippen LogP contribution in [0.15, 0.2) is 54.6 Å². The second-order valence-electron chi connectivity index (χ2n) is 6.15. The predicted octanol–water partition coefficient (Wildman–Crippen LogP) is 3.07. The summed E-state index contributed by atoms with van der Waals surface area (Å²) in [4.78, 5) is 4.88. The number of likely N-dealkylation sites (N-methyl/N-ethyl adjacent to an activating group) is 1. The Labute approximate surface area is 139 Å². The summed E-state index contributed by atoms with van der Waals surface area (Å²) < 4.78 is 5.82. The highest BCUT2D eigenvalue weighted by molar-refractivity contribution is 5.31. The van der Waals surface area contributed by atoms with Crippen LogP contribution in [0.5, 0.6) is 5.75 Å². The molecule has 1 saturated heterocycles. The number of hydrogen-bond acceptors (Lipinski definition) is 3. The Morgan fingerprint density at radius 2 is 1.61 bits per heavy atom. The van der Waals surface area contributed by atoms with Crippen LogP contribution >= 0.6 is 0 Å². The monoisotopic (exact) mass is 309 g/mol. The first-order valence-electron chi connectivity index (χ1n) is 8.30. The lowest BCUT2D eigenvalue weighted by Crippen LogP contribution is -2.44. The summed E-state index contributed by atoms with van der Waals surface area (Å²) in [6, 6.07) is 18.6. The van der Waals surface area contributed by atoms with Crippen molar-refractivity contribution in [3.05, 3.63) is 72.1 Å². The Hall–Kier alpha value is -1.84. The average molecular weight is 309 g/mol. The van der Waals surface area contributed by atoms with Gasteiger partial charge in [0.1, 0.15) is 12.4 Å². The molecular weight excluding hydrogens is 284 g/mol. The molecule has 3 heteroatoms. The number of ether oxygens (including phenoxy) is 1. The molecule has 0 saturated carbocycles. The van der Waals surface area contributed by atoms with Gasteiger partial charge in [0.2, 0.25) is 0 Å². The van der Waals surface area contributed by atoms with Crippen molar-refractivity contribution < 1.29 is 4.74 Å². The van der Waals surface area contributed by atoms with Crippen LogP contribution in [-0.2, 0) is 6.61 Å². The third-order valence-corrected chi connectivity index (χ3v) is 4.31. The second-order valence-corrected chi connectivity index (χ2v) is 6.15. The summed E-state index contributed by atoms with van der Waals surface area (Å²) in [7, 11) is 2.19. The molecule has 1 fully saturated rings. The van der Waals surface area contributed by atoms with E-state index in [9.17, 15) is 0 Å². The van der Waals surface area contributed by atoms with E-state index in [0.29, 0.717) is 6.61 Å². The van der Waals surface area contributed by atoms with Gasteiger partial charge in [0.25, 0.3) is 0 Å². The number of hydrogen-bond donors (Lipinski definition) is 0. The van der Waals surface area contributed by atoms with Crippen molar-refractivity contribution in [2.45, 2.75) is 6.61 Å². The van der Waals surface area contributed by atoms with E-state index in [2.05, 4.69) is 59.7 Å². The van der Waals surface area contributed by atoms with Gasteiger partial charge in [-0.3, -0.25) is 0 Å². The largest absolute Gasteiger partial charge is 0.489 e. The highest BCUT2D eigenvalue weighted by atomic mass is 16.5. The van der Waals surface area contributed by atoms with E-state index in [1.807, 2.05) is 18.2 Å². The summed E-state index contributed by atoms with van der Waals surface area (Å²) >= 11 is 0. The zero-order valence-corrected chi connectivity index (χ0v) is 13.8. The molecule has 0 bridgehead atoms. The lowest BCUT2D eigenvalue weighted by molar-refractivity contribution is 0.164. The normalized spacial score (nSPS) is 16.4. The fraction of sp³-hybridized carbons (Fsp3) is 0.350. The van der Waals surface area contributed by atoms with E-state index in [1.54, 1.807) is 0 Å². The van der Waals surface area contributed by atoms with Crippen molar-refractivity contribution in [2.24, 2.45) is 0 Å². The van der Waals surface area contributed by atoms with E-state index < -0.39 is 0 Å². The smallest absolute Gasteiger partial charge is 0.119 e.